The summed E-state index contributed by atoms with van der Waals surface area (Å²) in [6.07, 6.45) is -4.71. The van der Waals surface area contributed by atoms with Gasteiger partial charge in [0.15, 0.2) is 0 Å². The number of halogens is 3. The molecule has 0 aliphatic carbocycles. The van der Waals surface area contributed by atoms with Gasteiger partial charge in [-0.1, -0.05) is 6.07 Å². The number of alkyl halides is 3. The summed E-state index contributed by atoms with van der Waals surface area (Å²) in [6, 6.07) is 3.95. The number of aliphatic hydroxyl groups is 1. The molecule has 0 spiro atoms. The van der Waals surface area contributed by atoms with Gasteiger partial charge < -0.3 is 10.8 Å². The number of sulfonamides is 1. The van der Waals surface area contributed by atoms with E-state index in [0.29, 0.717) is 5.56 Å². The number of hydrogen-bond acceptors (Lipinski definition) is 4. The highest BCUT2D eigenvalue weighted by molar-refractivity contribution is 7.89. The fraction of sp³-hybridized carbons (Fsp3) is 0.455. The number of anilines is 1. The molecule has 0 heterocycles. The van der Waals surface area contributed by atoms with Crippen LogP contribution in [0.1, 0.15) is 5.56 Å². The molecule has 0 aliphatic rings. The molecule has 1 aromatic rings. The summed E-state index contributed by atoms with van der Waals surface area (Å²) < 4.78 is 61.8. The van der Waals surface area contributed by atoms with Crippen LogP contribution in [0.2, 0.25) is 0 Å². The lowest BCUT2D eigenvalue weighted by atomic mass is 10.2. The first-order chi connectivity index (χ1) is 9.08. The monoisotopic (exact) mass is 312 g/mol. The average molecular weight is 312 g/mol. The van der Waals surface area contributed by atoms with Crippen LogP contribution in [-0.4, -0.2) is 43.7 Å². The highest BCUT2D eigenvalue weighted by atomic mass is 32.2. The van der Waals surface area contributed by atoms with Gasteiger partial charge in [-0.3, -0.25) is 0 Å². The maximum Gasteiger partial charge on any atom is 0.402 e. The Hall–Kier alpha value is -1.32. The molecule has 0 aromatic heterocycles. The van der Waals surface area contributed by atoms with Gasteiger partial charge in [0.1, 0.15) is 11.4 Å². The molecule has 0 fully saturated rings. The lowest BCUT2D eigenvalue weighted by Gasteiger charge is -2.23. The second-order valence-corrected chi connectivity index (χ2v) is 6.13. The third-order valence-electron chi connectivity index (χ3n) is 2.49. The second kappa shape index (κ2) is 5.98. The molecule has 0 radical (unpaired) electrons. The van der Waals surface area contributed by atoms with Gasteiger partial charge in [0.2, 0.25) is 10.0 Å². The summed E-state index contributed by atoms with van der Waals surface area (Å²) in [5, 5.41) is 8.75. The van der Waals surface area contributed by atoms with Crippen molar-refractivity contribution in [2.24, 2.45) is 0 Å². The van der Waals surface area contributed by atoms with Gasteiger partial charge in [-0.25, -0.2) is 8.42 Å². The van der Waals surface area contributed by atoms with Gasteiger partial charge in [-0.15, -0.1) is 0 Å². The minimum absolute atomic E-state index is 0.130. The van der Waals surface area contributed by atoms with Crippen molar-refractivity contribution in [2.75, 3.05) is 25.4 Å². The van der Waals surface area contributed by atoms with E-state index in [4.69, 9.17) is 10.8 Å². The topological polar surface area (TPSA) is 83.6 Å². The number of rotatable bonds is 5. The van der Waals surface area contributed by atoms with Crippen LogP contribution >= 0.6 is 0 Å². The first-order valence-electron chi connectivity index (χ1n) is 5.62. The van der Waals surface area contributed by atoms with Crippen LogP contribution < -0.4 is 5.73 Å². The summed E-state index contributed by atoms with van der Waals surface area (Å²) in [5.74, 6) is 0. The van der Waals surface area contributed by atoms with E-state index >= 15 is 0 Å². The number of aryl methyl sites for hydroxylation is 1. The van der Waals surface area contributed by atoms with Crippen molar-refractivity contribution in [3.05, 3.63) is 23.8 Å². The largest absolute Gasteiger partial charge is 0.402 e. The molecular weight excluding hydrogens is 297 g/mol. The van der Waals surface area contributed by atoms with Crippen LogP contribution in [0.25, 0.3) is 0 Å². The van der Waals surface area contributed by atoms with Crippen molar-refractivity contribution in [1.82, 2.24) is 4.31 Å². The van der Waals surface area contributed by atoms with Crippen LogP contribution in [0.4, 0.5) is 18.9 Å². The highest BCUT2D eigenvalue weighted by Crippen LogP contribution is 2.26. The third kappa shape index (κ3) is 4.09. The molecule has 0 saturated carbocycles. The zero-order chi connectivity index (χ0) is 15.6. The molecule has 0 atom stereocenters. The minimum Gasteiger partial charge on any atom is -0.398 e. The van der Waals surface area contributed by atoms with E-state index in [1.54, 1.807) is 6.92 Å². The number of nitrogens with two attached hydrogens (primary N) is 1. The lowest BCUT2D eigenvalue weighted by molar-refractivity contribution is -0.136. The first kappa shape index (κ1) is 16.7. The van der Waals surface area contributed by atoms with Gasteiger partial charge in [0, 0.05) is 6.54 Å². The van der Waals surface area contributed by atoms with Crippen molar-refractivity contribution in [3.8, 4) is 0 Å². The fourth-order valence-corrected chi connectivity index (χ4v) is 3.15. The Labute approximate surface area is 114 Å². The van der Waals surface area contributed by atoms with Gasteiger partial charge in [-0.2, -0.15) is 17.5 Å². The standard InChI is InChI=1S/C11H15F3N2O3S/c1-8-2-3-10(9(15)6-8)20(18,19)16(4-5-17)7-11(12,13)14/h2-3,6,17H,4-5,7,15H2,1H3. The van der Waals surface area contributed by atoms with Crippen LogP contribution in [0, 0.1) is 6.92 Å². The van der Waals surface area contributed by atoms with E-state index in [0.717, 1.165) is 6.07 Å². The van der Waals surface area contributed by atoms with Gasteiger partial charge in [0.25, 0.3) is 0 Å². The summed E-state index contributed by atoms with van der Waals surface area (Å²) >= 11 is 0. The van der Waals surface area contributed by atoms with Crippen LogP contribution in [0.15, 0.2) is 23.1 Å². The van der Waals surface area contributed by atoms with Crippen molar-refractivity contribution < 1.29 is 26.7 Å². The number of nitrogens with zero attached hydrogens (tertiary/aromatic N) is 1. The fourth-order valence-electron chi connectivity index (χ4n) is 1.64. The van der Waals surface area contributed by atoms with E-state index in [-0.39, 0.29) is 9.99 Å². The molecule has 0 saturated heterocycles. The Morgan fingerprint density at radius 1 is 1.35 bits per heavy atom. The van der Waals surface area contributed by atoms with Crippen molar-refractivity contribution in [1.29, 1.82) is 0 Å². The SMILES string of the molecule is Cc1ccc(S(=O)(=O)N(CCO)CC(F)(F)F)c(N)c1. The summed E-state index contributed by atoms with van der Waals surface area (Å²) in [7, 11) is -4.42. The molecule has 1 aromatic carbocycles. The van der Waals surface area contributed by atoms with Gasteiger partial charge >= 0.3 is 6.18 Å². The van der Waals surface area contributed by atoms with Crippen LogP contribution in [0.5, 0.6) is 0 Å². The third-order valence-corrected chi connectivity index (χ3v) is 4.41. The summed E-state index contributed by atoms with van der Waals surface area (Å²) in [5.41, 5.74) is 6.11. The van der Waals surface area contributed by atoms with Crippen molar-refractivity contribution in [3.63, 3.8) is 0 Å². The first-order valence-corrected chi connectivity index (χ1v) is 7.06. The maximum absolute atomic E-state index is 12.4. The quantitative estimate of drug-likeness (QED) is 0.798. The predicted molar refractivity (Wildman–Crippen MR) is 67.5 cm³/mol. The van der Waals surface area contributed by atoms with Crippen LogP contribution in [0.3, 0.4) is 0 Å². The lowest BCUT2D eigenvalue weighted by Crippen LogP contribution is -2.40. The second-order valence-electron chi connectivity index (χ2n) is 4.22. The van der Waals surface area contributed by atoms with Crippen molar-refractivity contribution >= 4 is 15.7 Å². The smallest absolute Gasteiger partial charge is 0.398 e. The molecule has 9 heteroatoms. The Bertz CT molecular complexity index is 573. The van der Waals surface area contributed by atoms with Gasteiger partial charge in [0.05, 0.1) is 12.3 Å². The predicted octanol–water partition coefficient (Wildman–Crippen LogP) is 1.12. The molecule has 3 N–H and O–H groups in total. The van der Waals surface area contributed by atoms with E-state index < -0.39 is 40.8 Å². The van der Waals surface area contributed by atoms with E-state index in [9.17, 15) is 21.6 Å². The number of nitrogen functional groups attached to an aromatic ring is 1. The maximum atomic E-state index is 12.4. The molecule has 114 valence electrons. The summed E-state index contributed by atoms with van der Waals surface area (Å²) in [4.78, 5) is -0.402. The Kier molecular flexibility index (Phi) is 5.00. The summed E-state index contributed by atoms with van der Waals surface area (Å²) in [6.45, 7) is -1.38. The normalized spacial score (nSPS) is 12.9. The molecule has 20 heavy (non-hydrogen) atoms. The zero-order valence-corrected chi connectivity index (χ0v) is 11.5. The molecule has 5 nitrogen and oxygen atoms in total. The van der Waals surface area contributed by atoms with E-state index in [2.05, 4.69) is 0 Å². The number of benzene rings is 1. The molecule has 0 amide bonds. The minimum atomic E-state index is -4.71. The zero-order valence-electron chi connectivity index (χ0n) is 10.7. The Morgan fingerprint density at radius 3 is 2.40 bits per heavy atom. The van der Waals surface area contributed by atoms with E-state index in [1.165, 1.54) is 12.1 Å². The number of aliphatic hydroxyl groups excluding tert-OH is 1. The van der Waals surface area contributed by atoms with Gasteiger partial charge in [-0.05, 0) is 24.6 Å². The van der Waals surface area contributed by atoms with E-state index in [1.807, 2.05) is 0 Å². The highest BCUT2D eigenvalue weighted by Gasteiger charge is 2.37. The molecule has 1 rings (SSSR count). The Balaban J connectivity index is 3.22. The Morgan fingerprint density at radius 2 is 1.95 bits per heavy atom. The average Bonchev–Trinajstić information content (AvgIpc) is 2.26. The molecular formula is C11H15F3N2O3S. The van der Waals surface area contributed by atoms with Crippen LogP contribution in [-0.2, 0) is 10.0 Å². The number of hydrogen-bond donors (Lipinski definition) is 2. The van der Waals surface area contributed by atoms with Crippen molar-refractivity contribution in [2.45, 2.75) is 18.0 Å². The molecule has 0 bridgehead atoms. The molecule has 0 unspecified atom stereocenters. The molecule has 0 aliphatic heterocycles.